The van der Waals surface area contributed by atoms with Gasteiger partial charge in [0, 0.05) is 11.6 Å². The Labute approximate surface area is 118 Å². The fraction of sp³-hybridized carbons (Fsp3) is 0. The molecule has 3 rings (SSSR count). The zero-order valence-corrected chi connectivity index (χ0v) is 11.3. The lowest BCUT2D eigenvalue weighted by molar-refractivity contribution is 1.14. The van der Waals surface area contributed by atoms with Gasteiger partial charge in [0.15, 0.2) is 0 Å². The highest BCUT2D eigenvalue weighted by Gasteiger charge is 2.10. The number of hydrogen-bond acceptors (Lipinski definition) is 3. The van der Waals surface area contributed by atoms with Crippen molar-refractivity contribution in [2.45, 2.75) is 0 Å². The average molecular weight is 289 g/mol. The molecular formula is C14H9ClN2OS. The minimum absolute atomic E-state index is 0.187. The molecule has 94 valence electrons. The molecule has 3 aromatic rings. The number of benzene rings is 1. The van der Waals surface area contributed by atoms with Crippen LogP contribution in [-0.4, -0.2) is 9.97 Å². The number of nitrogens with one attached hydrogen (secondary N) is 1. The van der Waals surface area contributed by atoms with Gasteiger partial charge in [0.1, 0.15) is 5.82 Å². The second kappa shape index (κ2) is 4.99. The molecule has 5 heteroatoms. The van der Waals surface area contributed by atoms with Crippen molar-refractivity contribution in [1.29, 1.82) is 0 Å². The molecule has 0 bridgehead atoms. The number of nitrogens with zero attached hydrogens (tertiary/aromatic N) is 1. The fourth-order valence-corrected chi connectivity index (χ4v) is 2.90. The summed E-state index contributed by atoms with van der Waals surface area (Å²) in [4.78, 5) is 19.8. The third kappa shape index (κ3) is 2.45. The second-order valence-electron chi connectivity index (χ2n) is 3.94. The van der Waals surface area contributed by atoms with Crippen molar-refractivity contribution >= 4 is 22.9 Å². The molecule has 1 N–H and O–H groups in total. The SMILES string of the molecule is O=c1cc(-c2sccc2Cl)nc(-c2ccccc2)[nH]1. The summed E-state index contributed by atoms with van der Waals surface area (Å²) >= 11 is 7.55. The highest BCUT2D eigenvalue weighted by molar-refractivity contribution is 7.14. The normalized spacial score (nSPS) is 10.6. The summed E-state index contributed by atoms with van der Waals surface area (Å²) in [6.07, 6.45) is 0. The fourth-order valence-electron chi connectivity index (χ4n) is 1.78. The van der Waals surface area contributed by atoms with Crippen molar-refractivity contribution in [1.82, 2.24) is 9.97 Å². The van der Waals surface area contributed by atoms with Crippen molar-refractivity contribution in [2.75, 3.05) is 0 Å². The van der Waals surface area contributed by atoms with Gasteiger partial charge in [0.05, 0.1) is 15.6 Å². The molecule has 3 nitrogen and oxygen atoms in total. The van der Waals surface area contributed by atoms with Gasteiger partial charge in [-0.1, -0.05) is 41.9 Å². The molecule has 0 fully saturated rings. The van der Waals surface area contributed by atoms with Crippen LogP contribution in [0.5, 0.6) is 0 Å². The molecule has 0 aliphatic rings. The predicted octanol–water partition coefficient (Wildman–Crippen LogP) is 3.82. The molecule has 0 radical (unpaired) electrons. The van der Waals surface area contributed by atoms with Crippen LogP contribution >= 0.6 is 22.9 Å². The molecule has 0 saturated heterocycles. The largest absolute Gasteiger partial charge is 0.306 e. The van der Waals surface area contributed by atoms with Crippen molar-refractivity contribution in [2.24, 2.45) is 0 Å². The molecule has 1 aromatic carbocycles. The Bertz CT molecular complexity index is 764. The summed E-state index contributed by atoms with van der Waals surface area (Å²) in [6, 6.07) is 12.8. The molecule has 0 unspecified atom stereocenters. The third-order valence-corrected chi connectivity index (χ3v) is 4.00. The predicted molar refractivity (Wildman–Crippen MR) is 78.6 cm³/mol. The van der Waals surface area contributed by atoms with Gasteiger partial charge < -0.3 is 4.98 Å². The molecule has 0 spiro atoms. The lowest BCUT2D eigenvalue weighted by atomic mass is 10.2. The first kappa shape index (κ1) is 12.1. The third-order valence-electron chi connectivity index (χ3n) is 2.64. The summed E-state index contributed by atoms with van der Waals surface area (Å²) in [7, 11) is 0. The molecule has 0 aliphatic heterocycles. The van der Waals surface area contributed by atoms with E-state index in [1.807, 2.05) is 35.7 Å². The Morgan fingerprint density at radius 2 is 1.95 bits per heavy atom. The van der Waals surface area contributed by atoms with E-state index in [-0.39, 0.29) is 5.56 Å². The van der Waals surface area contributed by atoms with Gasteiger partial charge in [0.2, 0.25) is 0 Å². The van der Waals surface area contributed by atoms with Gasteiger partial charge in [-0.3, -0.25) is 4.79 Å². The van der Waals surface area contributed by atoms with E-state index in [9.17, 15) is 4.79 Å². The highest BCUT2D eigenvalue weighted by atomic mass is 35.5. The standard InChI is InChI=1S/C14H9ClN2OS/c15-10-6-7-19-13(10)11-8-12(18)17-14(16-11)9-4-2-1-3-5-9/h1-8H,(H,16,17,18). The second-order valence-corrected chi connectivity index (χ2v) is 5.27. The summed E-state index contributed by atoms with van der Waals surface area (Å²) in [5, 5.41) is 2.49. The smallest absolute Gasteiger partial charge is 0.251 e. The quantitative estimate of drug-likeness (QED) is 0.779. The maximum atomic E-state index is 11.8. The first-order chi connectivity index (χ1) is 9.24. The lowest BCUT2D eigenvalue weighted by Crippen LogP contribution is -2.08. The van der Waals surface area contributed by atoms with Crippen LogP contribution in [0.4, 0.5) is 0 Å². The zero-order valence-electron chi connectivity index (χ0n) is 9.76. The van der Waals surface area contributed by atoms with Crippen LogP contribution in [0.1, 0.15) is 0 Å². The summed E-state index contributed by atoms with van der Waals surface area (Å²) < 4.78 is 0. The van der Waals surface area contributed by atoms with Crippen LogP contribution in [0.3, 0.4) is 0 Å². The van der Waals surface area contributed by atoms with Gasteiger partial charge >= 0.3 is 0 Å². The Hall–Kier alpha value is -1.91. The van der Waals surface area contributed by atoms with E-state index < -0.39 is 0 Å². The van der Waals surface area contributed by atoms with E-state index in [2.05, 4.69) is 9.97 Å². The molecule has 0 atom stereocenters. The number of halogens is 1. The van der Waals surface area contributed by atoms with Crippen molar-refractivity contribution in [3.05, 3.63) is 63.2 Å². The van der Waals surface area contributed by atoms with Gasteiger partial charge in [-0.2, -0.15) is 0 Å². The van der Waals surface area contributed by atoms with E-state index in [0.717, 1.165) is 10.4 Å². The number of aromatic nitrogens is 2. The summed E-state index contributed by atoms with van der Waals surface area (Å²) in [5.41, 5.74) is 1.28. The maximum Gasteiger partial charge on any atom is 0.251 e. The molecule has 0 amide bonds. The van der Waals surface area contributed by atoms with Crippen molar-refractivity contribution in [3.8, 4) is 22.0 Å². The van der Waals surface area contributed by atoms with Crippen LogP contribution in [-0.2, 0) is 0 Å². The molecule has 2 aromatic heterocycles. The Morgan fingerprint density at radius 1 is 1.16 bits per heavy atom. The topological polar surface area (TPSA) is 45.8 Å². The minimum Gasteiger partial charge on any atom is -0.306 e. The zero-order chi connectivity index (χ0) is 13.2. The van der Waals surface area contributed by atoms with Crippen LogP contribution in [0.2, 0.25) is 5.02 Å². The number of rotatable bonds is 2. The lowest BCUT2D eigenvalue weighted by Gasteiger charge is -2.03. The maximum absolute atomic E-state index is 11.8. The summed E-state index contributed by atoms with van der Waals surface area (Å²) in [5.74, 6) is 0.549. The van der Waals surface area contributed by atoms with Crippen LogP contribution in [0.25, 0.3) is 22.0 Å². The number of thiophene rings is 1. The van der Waals surface area contributed by atoms with E-state index in [4.69, 9.17) is 11.6 Å². The van der Waals surface area contributed by atoms with Crippen LogP contribution in [0.15, 0.2) is 52.6 Å². The Balaban J connectivity index is 2.17. The molecule has 19 heavy (non-hydrogen) atoms. The van der Waals surface area contributed by atoms with Gasteiger partial charge in [-0.05, 0) is 11.4 Å². The Kier molecular flexibility index (Phi) is 3.19. The number of H-pyrrole nitrogens is 1. The first-order valence-electron chi connectivity index (χ1n) is 5.64. The number of hydrogen-bond donors (Lipinski definition) is 1. The molecule has 2 heterocycles. The first-order valence-corrected chi connectivity index (χ1v) is 6.90. The van der Waals surface area contributed by atoms with Crippen LogP contribution in [0, 0.1) is 0 Å². The molecule has 0 aliphatic carbocycles. The van der Waals surface area contributed by atoms with Crippen molar-refractivity contribution in [3.63, 3.8) is 0 Å². The van der Waals surface area contributed by atoms with Crippen LogP contribution < -0.4 is 5.56 Å². The van der Waals surface area contributed by atoms with Gasteiger partial charge in [-0.25, -0.2) is 4.98 Å². The van der Waals surface area contributed by atoms with E-state index >= 15 is 0 Å². The Morgan fingerprint density at radius 3 is 2.63 bits per heavy atom. The molecular weight excluding hydrogens is 280 g/mol. The highest BCUT2D eigenvalue weighted by Crippen LogP contribution is 2.31. The summed E-state index contributed by atoms with van der Waals surface area (Å²) in [6.45, 7) is 0. The molecule has 0 saturated carbocycles. The van der Waals surface area contributed by atoms with Crippen molar-refractivity contribution < 1.29 is 0 Å². The van der Waals surface area contributed by atoms with Gasteiger partial charge in [0.25, 0.3) is 5.56 Å². The van der Waals surface area contributed by atoms with E-state index in [1.54, 1.807) is 6.07 Å². The van der Waals surface area contributed by atoms with E-state index in [1.165, 1.54) is 17.4 Å². The monoisotopic (exact) mass is 288 g/mol. The average Bonchev–Trinajstić information content (AvgIpc) is 2.85. The number of aromatic amines is 1. The van der Waals surface area contributed by atoms with Gasteiger partial charge in [-0.15, -0.1) is 11.3 Å². The van der Waals surface area contributed by atoms with E-state index in [0.29, 0.717) is 16.5 Å². The minimum atomic E-state index is -0.187.